The molecule has 0 saturated carbocycles. The molecular formula is C16H28N2O4S. The van der Waals surface area contributed by atoms with E-state index >= 15 is 0 Å². The summed E-state index contributed by atoms with van der Waals surface area (Å²) in [6.07, 6.45) is 4.51. The molecule has 1 rings (SSSR count). The second-order valence-electron chi connectivity index (χ2n) is 5.62. The minimum atomic E-state index is -3.46. The van der Waals surface area contributed by atoms with E-state index in [0.29, 0.717) is 24.3 Å². The lowest BCUT2D eigenvalue weighted by molar-refractivity contribution is -0.132. The number of amides is 1. The predicted octanol–water partition coefficient (Wildman–Crippen LogP) is 2.15. The molecular weight excluding hydrogens is 316 g/mol. The fraction of sp³-hybridized carbons (Fsp3) is 0.688. The Morgan fingerprint density at radius 2 is 2.04 bits per heavy atom. The summed E-state index contributed by atoms with van der Waals surface area (Å²) in [6.45, 7) is 9.42. The molecule has 1 aliphatic heterocycles. The number of nitrogens with zero attached hydrogens (tertiary/aromatic N) is 1. The SMILES string of the molecule is C=C1C=C(OC)C(CCC)N1C(=O)C(CCC)NS(=O)(=O)CC. The van der Waals surface area contributed by atoms with Crippen molar-refractivity contribution < 1.29 is 17.9 Å². The van der Waals surface area contributed by atoms with E-state index in [1.165, 1.54) is 0 Å². The van der Waals surface area contributed by atoms with Crippen LogP contribution in [0.2, 0.25) is 0 Å². The van der Waals surface area contributed by atoms with Gasteiger partial charge in [-0.05, 0) is 19.8 Å². The van der Waals surface area contributed by atoms with Crippen LogP contribution in [0.1, 0.15) is 46.5 Å². The lowest BCUT2D eigenvalue weighted by Crippen LogP contribution is -2.50. The highest BCUT2D eigenvalue weighted by atomic mass is 32.2. The number of rotatable bonds is 9. The molecule has 0 aromatic rings. The van der Waals surface area contributed by atoms with Crippen LogP contribution in [0.25, 0.3) is 0 Å². The van der Waals surface area contributed by atoms with Crippen molar-refractivity contribution in [3.8, 4) is 0 Å². The van der Waals surface area contributed by atoms with Gasteiger partial charge >= 0.3 is 0 Å². The molecule has 1 heterocycles. The molecule has 0 aromatic carbocycles. The van der Waals surface area contributed by atoms with Crippen LogP contribution in [0.4, 0.5) is 0 Å². The van der Waals surface area contributed by atoms with E-state index in [9.17, 15) is 13.2 Å². The summed E-state index contributed by atoms with van der Waals surface area (Å²) in [6, 6.07) is -0.985. The van der Waals surface area contributed by atoms with Gasteiger partial charge in [0.05, 0.1) is 18.9 Å². The van der Waals surface area contributed by atoms with Gasteiger partial charge in [-0.1, -0.05) is 33.3 Å². The third-order valence-corrected chi connectivity index (χ3v) is 5.27. The van der Waals surface area contributed by atoms with Crippen molar-refractivity contribution in [2.24, 2.45) is 0 Å². The number of hydrogen-bond acceptors (Lipinski definition) is 4. The van der Waals surface area contributed by atoms with Gasteiger partial charge in [0.25, 0.3) is 0 Å². The second-order valence-corrected chi connectivity index (χ2v) is 7.66. The Labute approximate surface area is 139 Å². The molecule has 0 spiro atoms. The van der Waals surface area contributed by atoms with Crippen LogP contribution in [-0.2, 0) is 19.6 Å². The molecule has 6 nitrogen and oxygen atoms in total. The quantitative estimate of drug-likeness (QED) is 0.695. The largest absolute Gasteiger partial charge is 0.499 e. The van der Waals surface area contributed by atoms with Crippen molar-refractivity contribution in [2.75, 3.05) is 12.9 Å². The van der Waals surface area contributed by atoms with E-state index in [-0.39, 0.29) is 17.7 Å². The zero-order valence-electron chi connectivity index (χ0n) is 14.5. The van der Waals surface area contributed by atoms with Gasteiger partial charge in [0, 0.05) is 11.8 Å². The zero-order chi connectivity index (χ0) is 17.6. The molecule has 23 heavy (non-hydrogen) atoms. The molecule has 1 N–H and O–H groups in total. The minimum absolute atomic E-state index is 0.0542. The van der Waals surface area contributed by atoms with Crippen LogP contribution in [0.5, 0.6) is 0 Å². The van der Waals surface area contributed by atoms with Gasteiger partial charge in [-0.2, -0.15) is 0 Å². The molecule has 0 bridgehead atoms. The summed E-state index contributed by atoms with van der Waals surface area (Å²) in [5.74, 6) is 0.371. The molecule has 2 unspecified atom stereocenters. The Balaban J connectivity index is 3.04. The van der Waals surface area contributed by atoms with Crippen LogP contribution in [-0.4, -0.2) is 44.2 Å². The average molecular weight is 344 g/mol. The first-order valence-corrected chi connectivity index (χ1v) is 9.74. The van der Waals surface area contributed by atoms with E-state index in [1.54, 1.807) is 25.0 Å². The first-order valence-electron chi connectivity index (χ1n) is 8.08. The van der Waals surface area contributed by atoms with Crippen molar-refractivity contribution in [3.63, 3.8) is 0 Å². The summed E-state index contributed by atoms with van der Waals surface area (Å²) in [5, 5.41) is 0. The number of methoxy groups -OCH3 is 1. The number of nitrogens with one attached hydrogen (secondary N) is 1. The molecule has 1 amide bonds. The highest BCUT2D eigenvalue weighted by molar-refractivity contribution is 7.89. The Morgan fingerprint density at radius 1 is 1.39 bits per heavy atom. The fourth-order valence-corrected chi connectivity index (χ4v) is 3.50. The highest BCUT2D eigenvalue weighted by Gasteiger charge is 2.38. The van der Waals surface area contributed by atoms with Crippen LogP contribution >= 0.6 is 0 Å². The maximum Gasteiger partial charge on any atom is 0.245 e. The Morgan fingerprint density at radius 3 is 2.52 bits per heavy atom. The minimum Gasteiger partial charge on any atom is -0.499 e. The number of hydrogen-bond donors (Lipinski definition) is 1. The first kappa shape index (κ1) is 19.7. The zero-order valence-corrected chi connectivity index (χ0v) is 15.3. The number of carbonyl (C=O) groups is 1. The molecule has 132 valence electrons. The highest BCUT2D eigenvalue weighted by Crippen LogP contribution is 2.30. The maximum absolute atomic E-state index is 12.9. The van der Waals surface area contributed by atoms with Gasteiger partial charge in [0.1, 0.15) is 11.8 Å². The second kappa shape index (κ2) is 8.49. The van der Waals surface area contributed by atoms with Crippen molar-refractivity contribution in [1.82, 2.24) is 9.62 Å². The smallest absolute Gasteiger partial charge is 0.245 e. The van der Waals surface area contributed by atoms with E-state index < -0.39 is 16.1 Å². The van der Waals surface area contributed by atoms with Crippen LogP contribution in [0.15, 0.2) is 24.1 Å². The van der Waals surface area contributed by atoms with Gasteiger partial charge in [0.2, 0.25) is 15.9 Å². The third kappa shape index (κ3) is 4.81. The van der Waals surface area contributed by atoms with E-state index in [0.717, 1.165) is 12.8 Å². The number of carbonyl (C=O) groups excluding carboxylic acids is 1. The molecule has 0 fully saturated rings. The molecule has 0 radical (unpaired) electrons. The molecule has 2 atom stereocenters. The van der Waals surface area contributed by atoms with Gasteiger partial charge in [0.15, 0.2) is 0 Å². The number of sulfonamides is 1. The maximum atomic E-state index is 12.9. The van der Waals surface area contributed by atoms with E-state index in [1.807, 2.05) is 13.8 Å². The van der Waals surface area contributed by atoms with Gasteiger partial charge in [-0.3, -0.25) is 4.79 Å². The summed E-state index contributed by atoms with van der Waals surface area (Å²) in [7, 11) is -1.89. The van der Waals surface area contributed by atoms with Crippen LogP contribution in [0, 0.1) is 0 Å². The Kier molecular flexibility index (Phi) is 7.28. The van der Waals surface area contributed by atoms with Crippen LogP contribution in [0.3, 0.4) is 0 Å². The molecule has 0 aromatic heterocycles. The third-order valence-electron chi connectivity index (χ3n) is 3.87. The standard InChI is InChI=1S/C16H28N2O4S/c1-6-9-13(17-23(20,21)8-3)16(19)18-12(4)11-15(22-5)14(18)10-7-2/h11,13-14,17H,4,6-10H2,1-3,5H3. The van der Waals surface area contributed by atoms with Crippen molar-refractivity contribution >= 4 is 15.9 Å². The molecule has 1 aliphatic rings. The Hall–Kier alpha value is -1.34. The average Bonchev–Trinajstić information content (AvgIpc) is 2.82. The lowest BCUT2D eigenvalue weighted by atomic mass is 10.1. The summed E-state index contributed by atoms with van der Waals surface area (Å²) in [5.41, 5.74) is 0.544. The molecule has 0 aliphatic carbocycles. The number of allylic oxidation sites excluding steroid dienone is 1. The Bertz CT molecular complexity index is 569. The van der Waals surface area contributed by atoms with Crippen molar-refractivity contribution in [3.05, 3.63) is 24.1 Å². The summed E-state index contributed by atoms with van der Waals surface area (Å²) >= 11 is 0. The van der Waals surface area contributed by atoms with E-state index in [4.69, 9.17) is 4.74 Å². The predicted molar refractivity (Wildman–Crippen MR) is 91.1 cm³/mol. The van der Waals surface area contributed by atoms with Crippen LogP contribution < -0.4 is 4.72 Å². The van der Waals surface area contributed by atoms with Gasteiger partial charge in [-0.15, -0.1) is 0 Å². The van der Waals surface area contributed by atoms with E-state index in [2.05, 4.69) is 11.3 Å². The van der Waals surface area contributed by atoms with Gasteiger partial charge in [-0.25, -0.2) is 13.1 Å². The first-order chi connectivity index (χ1) is 10.8. The molecule has 0 saturated heterocycles. The summed E-state index contributed by atoms with van der Waals surface area (Å²) in [4.78, 5) is 14.5. The van der Waals surface area contributed by atoms with Gasteiger partial charge < -0.3 is 9.64 Å². The van der Waals surface area contributed by atoms with Crippen molar-refractivity contribution in [1.29, 1.82) is 0 Å². The lowest BCUT2D eigenvalue weighted by Gasteiger charge is -2.30. The summed E-state index contributed by atoms with van der Waals surface area (Å²) < 4.78 is 31.6. The number of ether oxygens (including phenoxy) is 1. The fourth-order valence-electron chi connectivity index (χ4n) is 2.68. The topological polar surface area (TPSA) is 75.7 Å². The normalized spacial score (nSPS) is 19.7. The monoisotopic (exact) mass is 344 g/mol. The molecule has 7 heteroatoms. The van der Waals surface area contributed by atoms with Crippen molar-refractivity contribution in [2.45, 2.75) is 58.5 Å².